The molecule has 0 aromatic carbocycles. The van der Waals surface area contributed by atoms with E-state index in [0.717, 1.165) is 6.61 Å². The molecule has 1 N–H and O–H groups in total. The van der Waals surface area contributed by atoms with E-state index in [-0.39, 0.29) is 5.72 Å². The predicted octanol–water partition coefficient (Wildman–Crippen LogP) is 2.57. The van der Waals surface area contributed by atoms with E-state index in [9.17, 15) is 0 Å². The summed E-state index contributed by atoms with van der Waals surface area (Å²) in [6.45, 7) is 7.37. The van der Waals surface area contributed by atoms with Crippen LogP contribution in [0.4, 0.5) is 0 Å². The molecule has 2 unspecified atom stereocenters. The maximum Gasteiger partial charge on any atom is 0.152 e. The third-order valence-corrected chi connectivity index (χ3v) is 3.88. The highest BCUT2D eigenvalue weighted by Crippen LogP contribution is 2.32. The second-order valence-corrected chi connectivity index (χ2v) is 5.26. The summed E-state index contributed by atoms with van der Waals surface area (Å²) in [7, 11) is 0. The van der Waals surface area contributed by atoms with Crippen molar-refractivity contribution in [1.82, 2.24) is 5.32 Å². The Morgan fingerprint density at radius 3 is 2.93 bits per heavy atom. The smallest absolute Gasteiger partial charge is 0.152 e. The van der Waals surface area contributed by atoms with Gasteiger partial charge in [0.1, 0.15) is 0 Å². The van der Waals surface area contributed by atoms with Gasteiger partial charge in [-0.15, -0.1) is 11.3 Å². The minimum atomic E-state index is -0.261. The molecule has 2 nitrogen and oxygen atoms in total. The first-order valence-corrected chi connectivity index (χ1v) is 5.95. The van der Waals surface area contributed by atoms with Gasteiger partial charge in [0.2, 0.25) is 0 Å². The van der Waals surface area contributed by atoms with Crippen LogP contribution in [-0.4, -0.2) is 12.6 Å². The van der Waals surface area contributed by atoms with Crippen LogP contribution in [0.2, 0.25) is 0 Å². The van der Waals surface area contributed by atoms with Gasteiger partial charge in [0.25, 0.3) is 0 Å². The van der Waals surface area contributed by atoms with Crippen molar-refractivity contribution in [2.75, 3.05) is 6.61 Å². The minimum absolute atomic E-state index is 0.261. The summed E-state index contributed by atoms with van der Waals surface area (Å²) in [5.74, 6) is 0.622. The molecule has 14 heavy (non-hydrogen) atoms. The zero-order chi connectivity index (χ0) is 10.2. The second-order valence-electron chi connectivity index (χ2n) is 4.32. The molecule has 1 fully saturated rings. The zero-order valence-electron chi connectivity index (χ0n) is 8.91. The number of hydrogen-bond acceptors (Lipinski definition) is 3. The highest BCUT2D eigenvalue weighted by atomic mass is 32.1. The zero-order valence-corrected chi connectivity index (χ0v) is 9.73. The van der Waals surface area contributed by atoms with Gasteiger partial charge < -0.3 is 4.74 Å². The molecular formula is C11H17NOS. The molecule has 2 atom stereocenters. The van der Waals surface area contributed by atoms with Gasteiger partial charge in [-0.25, -0.2) is 0 Å². The number of hydrogen-bond donors (Lipinski definition) is 1. The standard InChI is InChI=1S/C11H17NOS/c1-8(2)9-7-13-11(3,12-9)10-5-4-6-14-10/h4-6,8-9,12H,7H2,1-3H3. The van der Waals surface area contributed by atoms with Crippen LogP contribution in [0.5, 0.6) is 0 Å². The van der Waals surface area contributed by atoms with E-state index < -0.39 is 0 Å². The summed E-state index contributed by atoms with van der Waals surface area (Å²) in [6, 6.07) is 4.67. The lowest BCUT2D eigenvalue weighted by molar-refractivity contribution is 0.00542. The van der Waals surface area contributed by atoms with Gasteiger partial charge in [0.05, 0.1) is 11.5 Å². The van der Waals surface area contributed by atoms with Crippen molar-refractivity contribution in [2.24, 2.45) is 5.92 Å². The average Bonchev–Trinajstić information content (AvgIpc) is 2.71. The fraction of sp³-hybridized carbons (Fsp3) is 0.636. The molecule has 0 saturated carbocycles. The molecule has 2 rings (SSSR count). The highest BCUT2D eigenvalue weighted by molar-refractivity contribution is 7.10. The highest BCUT2D eigenvalue weighted by Gasteiger charge is 2.38. The van der Waals surface area contributed by atoms with Gasteiger partial charge in [0, 0.05) is 6.04 Å². The second kappa shape index (κ2) is 3.65. The summed E-state index contributed by atoms with van der Waals surface area (Å²) in [5, 5.41) is 5.65. The number of ether oxygens (including phenoxy) is 1. The van der Waals surface area contributed by atoms with E-state index in [1.165, 1.54) is 4.88 Å². The van der Waals surface area contributed by atoms with Crippen molar-refractivity contribution in [3.05, 3.63) is 22.4 Å². The Labute approximate surface area is 89.3 Å². The van der Waals surface area contributed by atoms with E-state index in [0.29, 0.717) is 12.0 Å². The van der Waals surface area contributed by atoms with Crippen molar-refractivity contribution >= 4 is 11.3 Å². The third kappa shape index (κ3) is 1.72. The van der Waals surface area contributed by atoms with Gasteiger partial charge in [-0.2, -0.15) is 0 Å². The molecule has 78 valence electrons. The molecule has 0 spiro atoms. The van der Waals surface area contributed by atoms with E-state index in [1.807, 2.05) is 0 Å². The maximum absolute atomic E-state index is 5.86. The molecule has 1 aliphatic heterocycles. The van der Waals surface area contributed by atoms with Gasteiger partial charge in [0.15, 0.2) is 5.72 Å². The molecule has 0 radical (unpaired) electrons. The van der Waals surface area contributed by atoms with Crippen LogP contribution in [-0.2, 0) is 10.5 Å². The van der Waals surface area contributed by atoms with Gasteiger partial charge in [-0.05, 0) is 24.3 Å². The number of rotatable bonds is 2. The van der Waals surface area contributed by atoms with Crippen molar-refractivity contribution < 1.29 is 4.74 Å². The molecule has 1 aromatic rings. The molecule has 1 aromatic heterocycles. The Morgan fingerprint density at radius 2 is 2.43 bits per heavy atom. The lowest BCUT2D eigenvalue weighted by Gasteiger charge is -2.23. The van der Waals surface area contributed by atoms with Crippen LogP contribution in [0.15, 0.2) is 17.5 Å². The first kappa shape index (κ1) is 10.1. The van der Waals surface area contributed by atoms with Gasteiger partial charge in [-0.1, -0.05) is 19.9 Å². The van der Waals surface area contributed by atoms with Gasteiger partial charge >= 0.3 is 0 Å². The van der Waals surface area contributed by atoms with E-state index >= 15 is 0 Å². The van der Waals surface area contributed by atoms with E-state index in [1.54, 1.807) is 11.3 Å². The lowest BCUT2D eigenvalue weighted by Crippen LogP contribution is -2.40. The van der Waals surface area contributed by atoms with Crippen molar-refractivity contribution in [2.45, 2.75) is 32.5 Å². The summed E-state index contributed by atoms with van der Waals surface area (Å²) >= 11 is 1.75. The third-order valence-electron chi connectivity index (χ3n) is 2.81. The Hall–Kier alpha value is -0.380. The fourth-order valence-corrected chi connectivity index (χ4v) is 2.55. The van der Waals surface area contributed by atoms with Gasteiger partial charge in [-0.3, -0.25) is 5.32 Å². The molecule has 0 aliphatic carbocycles. The predicted molar refractivity (Wildman–Crippen MR) is 59.4 cm³/mol. The Kier molecular flexibility index (Phi) is 2.64. The lowest BCUT2D eigenvalue weighted by atomic mass is 10.1. The van der Waals surface area contributed by atoms with Crippen LogP contribution < -0.4 is 5.32 Å². The monoisotopic (exact) mass is 211 g/mol. The molecule has 3 heteroatoms. The molecule has 0 bridgehead atoms. The Bertz CT molecular complexity index is 296. The number of thiophene rings is 1. The van der Waals surface area contributed by atoms with Crippen LogP contribution in [0.1, 0.15) is 25.6 Å². The van der Waals surface area contributed by atoms with Crippen LogP contribution in [0.25, 0.3) is 0 Å². The summed E-state index contributed by atoms with van der Waals surface area (Å²) in [4.78, 5) is 1.26. The van der Waals surface area contributed by atoms with Crippen molar-refractivity contribution in [3.63, 3.8) is 0 Å². The minimum Gasteiger partial charge on any atom is -0.354 e. The van der Waals surface area contributed by atoms with Crippen LogP contribution >= 0.6 is 11.3 Å². The van der Waals surface area contributed by atoms with E-state index in [2.05, 4.69) is 43.6 Å². The fourth-order valence-electron chi connectivity index (χ4n) is 1.74. The summed E-state index contributed by atoms with van der Waals surface area (Å²) in [5.41, 5.74) is -0.261. The summed E-state index contributed by atoms with van der Waals surface area (Å²) < 4.78 is 5.86. The molecule has 1 aliphatic rings. The molecule has 0 amide bonds. The Morgan fingerprint density at radius 1 is 1.64 bits per heavy atom. The first-order valence-electron chi connectivity index (χ1n) is 5.07. The van der Waals surface area contributed by atoms with Crippen molar-refractivity contribution in [3.8, 4) is 0 Å². The maximum atomic E-state index is 5.86. The topological polar surface area (TPSA) is 21.3 Å². The summed E-state index contributed by atoms with van der Waals surface area (Å²) in [6.07, 6.45) is 0. The molecule has 1 saturated heterocycles. The average molecular weight is 211 g/mol. The molecular weight excluding hydrogens is 194 g/mol. The van der Waals surface area contributed by atoms with E-state index in [4.69, 9.17) is 4.74 Å². The van der Waals surface area contributed by atoms with Crippen LogP contribution in [0.3, 0.4) is 0 Å². The largest absolute Gasteiger partial charge is 0.354 e. The van der Waals surface area contributed by atoms with Crippen LogP contribution in [0, 0.1) is 5.92 Å². The quantitative estimate of drug-likeness (QED) is 0.811. The molecule has 2 heterocycles. The number of nitrogens with one attached hydrogen (secondary N) is 1. The van der Waals surface area contributed by atoms with Crippen molar-refractivity contribution in [1.29, 1.82) is 0 Å². The Balaban J connectivity index is 2.13. The SMILES string of the molecule is CC(C)C1COC(C)(c2cccs2)N1. The first-order chi connectivity index (χ1) is 6.62. The normalized spacial score (nSPS) is 32.7.